The van der Waals surface area contributed by atoms with E-state index >= 15 is 0 Å². The maximum Gasteiger partial charge on any atom is 0.135 e. The van der Waals surface area contributed by atoms with E-state index < -0.39 is 0 Å². The molecule has 2 atom stereocenters. The number of hydrogen-bond donors (Lipinski definition) is 1. The summed E-state index contributed by atoms with van der Waals surface area (Å²) in [4.78, 5) is 0. The van der Waals surface area contributed by atoms with Crippen molar-refractivity contribution in [3.8, 4) is 0 Å². The molecular weight excluding hydrogens is 289 g/mol. The van der Waals surface area contributed by atoms with Crippen molar-refractivity contribution < 1.29 is 0 Å². The Morgan fingerprint density at radius 3 is 2.43 bits per heavy atom. The Labute approximate surface area is 99.2 Å². The minimum Gasteiger partial charge on any atom is -0.383 e. The molecule has 0 saturated heterocycles. The minimum absolute atomic E-state index is 0.377. The van der Waals surface area contributed by atoms with E-state index in [-0.39, 0.29) is 0 Å². The Kier molecular flexibility index (Phi) is 3.80. The molecule has 1 aromatic rings. The second kappa shape index (κ2) is 4.51. The number of nitrogens with two attached hydrogens (primary N) is 1. The first-order chi connectivity index (χ1) is 6.49. The van der Waals surface area contributed by atoms with Gasteiger partial charge in [0.25, 0.3) is 0 Å². The van der Waals surface area contributed by atoms with E-state index in [0.717, 1.165) is 21.5 Å². The van der Waals surface area contributed by atoms with Gasteiger partial charge < -0.3 is 5.73 Å². The number of nitrogens with zero attached hydrogens (tertiary/aromatic N) is 2. The average Bonchev–Trinajstić information content (AvgIpc) is 2.43. The normalized spacial score (nSPS) is 15.5. The highest BCUT2D eigenvalue weighted by Gasteiger charge is 2.18. The van der Waals surface area contributed by atoms with Crippen LogP contribution in [0.1, 0.15) is 38.9 Å². The van der Waals surface area contributed by atoms with Crippen molar-refractivity contribution in [2.45, 2.75) is 40.2 Å². The number of rotatable bonds is 3. The van der Waals surface area contributed by atoms with Crippen molar-refractivity contribution in [3.63, 3.8) is 0 Å². The van der Waals surface area contributed by atoms with Crippen LogP contribution in [0.2, 0.25) is 0 Å². The van der Waals surface area contributed by atoms with Gasteiger partial charge in [0.15, 0.2) is 0 Å². The Balaban J connectivity index is 3.01. The van der Waals surface area contributed by atoms with Crippen LogP contribution in [0.5, 0.6) is 0 Å². The molecule has 1 aromatic heterocycles. The first kappa shape index (κ1) is 11.8. The summed E-state index contributed by atoms with van der Waals surface area (Å²) in [6, 6.07) is 0.377. The molecule has 0 saturated carbocycles. The summed E-state index contributed by atoms with van der Waals surface area (Å²) in [6.07, 6.45) is 1.15. The van der Waals surface area contributed by atoms with Crippen LogP contribution in [0.4, 0.5) is 5.82 Å². The van der Waals surface area contributed by atoms with E-state index in [2.05, 4.69) is 48.5 Å². The van der Waals surface area contributed by atoms with Crippen molar-refractivity contribution in [1.82, 2.24) is 9.78 Å². The average molecular weight is 307 g/mol. The summed E-state index contributed by atoms with van der Waals surface area (Å²) in [5, 5.41) is 4.46. The summed E-state index contributed by atoms with van der Waals surface area (Å²) in [5.41, 5.74) is 7.02. The third-order valence-corrected chi connectivity index (χ3v) is 4.23. The smallest absolute Gasteiger partial charge is 0.135 e. The molecule has 4 heteroatoms. The second-order valence-corrected chi connectivity index (χ2v) is 4.93. The molecule has 1 rings (SSSR count). The Hall–Kier alpha value is -0.260. The molecule has 0 bridgehead atoms. The second-order valence-electron chi connectivity index (χ2n) is 3.86. The maximum atomic E-state index is 5.99. The lowest BCUT2D eigenvalue weighted by molar-refractivity contribution is 0.346. The Morgan fingerprint density at radius 1 is 1.50 bits per heavy atom. The summed E-state index contributed by atoms with van der Waals surface area (Å²) >= 11 is 2.25. The van der Waals surface area contributed by atoms with Gasteiger partial charge in [-0.05, 0) is 42.4 Å². The lowest BCUT2D eigenvalue weighted by Gasteiger charge is -2.19. The van der Waals surface area contributed by atoms with Gasteiger partial charge in [-0.25, -0.2) is 4.68 Å². The van der Waals surface area contributed by atoms with Gasteiger partial charge in [0.2, 0.25) is 0 Å². The molecule has 2 N–H and O–H groups in total. The van der Waals surface area contributed by atoms with Gasteiger partial charge in [0, 0.05) is 0 Å². The predicted molar refractivity (Wildman–Crippen MR) is 68.3 cm³/mol. The third kappa shape index (κ3) is 2.04. The molecule has 80 valence electrons. The van der Waals surface area contributed by atoms with Gasteiger partial charge in [-0.2, -0.15) is 5.10 Å². The molecule has 0 aliphatic carbocycles. The largest absolute Gasteiger partial charge is 0.383 e. The highest BCUT2D eigenvalue weighted by molar-refractivity contribution is 14.1. The standard InChI is InChI=1S/C10H18IN3/c1-5-6(2)8(4)14-10(12)9(11)7(3)13-14/h6,8H,5,12H2,1-4H3. The van der Waals surface area contributed by atoms with E-state index in [0.29, 0.717) is 12.0 Å². The highest BCUT2D eigenvalue weighted by atomic mass is 127. The number of hydrogen-bond acceptors (Lipinski definition) is 2. The van der Waals surface area contributed by atoms with Gasteiger partial charge in [0.05, 0.1) is 15.3 Å². The van der Waals surface area contributed by atoms with E-state index in [1.807, 2.05) is 11.6 Å². The zero-order chi connectivity index (χ0) is 10.9. The molecule has 0 radical (unpaired) electrons. The van der Waals surface area contributed by atoms with Crippen molar-refractivity contribution in [1.29, 1.82) is 0 Å². The summed E-state index contributed by atoms with van der Waals surface area (Å²) in [5.74, 6) is 1.41. The van der Waals surface area contributed by atoms with Crippen LogP contribution in [-0.2, 0) is 0 Å². The van der Waals surface area contributed by atoms with Gasteiger partial charge in [-0.1, -0.05) is 20.3 Å². The van der Waals surface area contributed by atoms with E-state index in [1.165, 1.54) is 0 Å². The van der Waals surface area contributed by atoms with E-state index in [4.69, 9.17) is 5.73 Å². The van der Waals surface area contributed by atoms with Crippen LogP contribution >= 0.6 is 22.6 Å². The first-order valence-corrected chi connectivity index (χ1v) is 6.07. The van der Waals surface area contributed by atoms with Crippen LogP contribution in [0.25, 0.3) is 0 Å². The maximum absolute atomic E-state index is 5.99. The predicted octanol–water partition coefficient (Wildman–Crippen LogP) is 2.99. The molecular formula is C10H18IN3. The molecule has 0 aromatic carbocycles. The molecule has 1 heterocycles. The SMILES string of the molecule is CCC(C)C(C)n1nc(C)c(I)c1N. The molecule has 3 nitrogen and oxygen atoms in total. The summed E-state index contributed by atoms with van der Waals surface area (Å²) in [7, 11) is 0. The lowest BCUT2D eigenvalue weighted by atomic mass is 10.0. The number of anilines is 1. The van der Waals surface area contributed by atoms with E-state index in [1.54, 1.807) is 0 Å². The monoisotopic (exact) mass is 307 g/mol. The molecule has 0 aliphatic rings. The van der Waals surface area contributed by atoms with Gasteiger partial charge >= 0.3 is 0 Å². The van der Waals surface area contributed by atoms with Gasteiger partial charge in [0.1, 0.15) is 5.82 Å². The minimum atomic E-state index is 0.377. The quantitative estimate of drug-likeness (QED) is 0.873. The Morgan fingerprint density at radius 2 is 2.07 bits per heavy atom. The summed E-state index contributed by atoms with van der Waals surface area (Å²) in [6.45, 7) is 8.59. The lowest BCUT2D eigenvalue weighted by Crippen LogP contribution is -2.17. The van der Waals surface area contributed by atoms with Gasteiger partial charge in [-0.15, -0.1) is 0 Å². The molecule has 2 unspecified atom stereocenters. The zero-order valence-corrected chi connectivity index (χ0v) is 11.4. The molecule has 0 amide bonds. The highest BCUT2D eigenvalue weighted by Crippen LogP contribution is 2.26. The number of aryl methyl sites for hydroxylation is 1. The summed E-state index contributed by atoms with van der Waals surface area (Å²) < 4.78 is 3.03. The molecule has 0 aliphatic heterocycles. The van der Waals surface area contributed by atoms with Crippen molar-refractivity contribution in [2.24, 2.45) is 5.92 Å². The fraction of sp³-hybridized carbons (Fsp3) is 0.700. The van der Waals surface area contributed by atoms with Crippen LogP contribution in [-0.4, -0.2) is 9.78 Å². The molecule has 14 heavy (non-hydrogen) atoms. The van der Waals surface area contributed by atoms with Crippen LogP contribution in [0.3, 0.4) is 0 Å². The Bertz CT molecular complexity index is 319. The molecule has 0 fully saturated rings. The number of halogens is 1. The third-order valence-electron chi connectivity index (χ3n) is 2.90. The van der Waals surface area contributed by atoms with Crippen LogP contribution in [0.15, 0.2) is 0 Å². The first-order valence-electron chi connectivity index (χ1n) is 4.99. The van der Waals surface area contributed by atoms with Crippen LogP contribution < -0.4 is 5.73 Å². The topological polar surface area (TPSA) is 43.8 Å². The molecule has 0 spiro atoms. The fourth-order valence-electron chi connectivity index (χ4n) is 1.44. The number of aromatic nitrogens is 2. The zero-order valence-electron chi connectivity index (χ0n) is 9.21. The van der Waals surface area contributed by atoms with Crippen molar-refractivity contribution in [2.75, 3.05) is 5.73 Å². The van der Waals surface area contributed by atoms with Crippen LogP contribution in [0, 0.1) is 16.4 Å². The van der Waals surface area contributed by atoms with Crippen molar-refractivity contribution in [3.05, 3.63) is 9.26 Å². The van der Waals surface area contributed by atoms with Gasteiger partial charge in [-0.3, -0.25) is 0 Å². The van der Waals surface area contributed by atoms with Crippen molar-refractivity contribution >= 4 is 28.4 Å². The van der Waals surface area contributed by atoms with E-state index in [9.17, 15) is 0 Å². The fourth-order valence-corrected chi connectivity index (χ4v) is 1.79. The number of nitrogen functional groups attached to an aromatic ring is 1.